The van der Waals surface area contributed by atoms with Crippen molar-refractivity contribution in [3.05, 3.63) is 29.6 Å². The van der Waals surface area contributed by atoms with Crippen LogP contribution in [0.5, 0.6) is 0 Å². The molecule has 1 aromatic heterocycles. The van der Waals surface area contributed by atoms with Crippen LogP contribution < -0.4 is 5.32 Å². The van der Waals surface area contributed by atoms with Gasteiger partial charge in [0.05, 0.1) is 23.5 Å². The number of Topliss-reactive ketones (excluding diaryl/α,β-unsaturated/α-hetero) is 1. The molecule has 0 amide bonds. The van der Waals surface area contributed by atoms with Crippen molar-refractivity contribution in [1.82, 2.24) is 14.9 Å². The molecule has 0 aliphatic carbocycles. The minimum absolute atomic E-state index is 0.218. The Labute approximate surface area is 122 Å². The molecule has 1 aromatic carbocycles. The number of rotatable bonds is 6. The molecule has 0 radical (unpaired) electrons. The van der Waals surface area contributed by atoms with Crippen LogP contribution in [-0.2, 0) is 11.8 Å². The number of fused-ring (bicyclic) bond motifs is 1. The lowest BCUT2D eigenvalue weighted by molar-refractivity contribution is -0.137. The lowest BCUT2D eigenvalue weighted by Gasteiger charge is -2.14. The van der Waals surface area contributed by atoms with Gasteiger partial charge in [0.1, 0.15) is 5.82 Å². The number of aryl methyl sites for hydroxylation is 2. The van der Waals surface area contributed by atoms with Gasteiger partial charge >= 0.3 is 5.97 Å². The lowest BCUT2D eigenvalue weighted by Crippen LogP contribution is -2.38. The van der Waals surface area contributed by atoms with Gasteiger partial charge in [0.25, 0.3) is 0 Å². The van der Waals surface area contributed by atoms with E-state index in [-0.39, 0.29) is 12.2 Å². The number of ketones is 1. The van der Waals surface area contributed by atoms with E-state index in [4.69, 9.17) is 5.11 Å². The van der Waals surface area contributed by atoms with Crippen LogP contribution in [0.4, 0.5) is 0 Å². The maximum absolute atomic E-state index is 12.4. The van der Waals surface area contributed by atoms with Crippen molar-refractivity contribution in [1.29, 1.82) is 0 Å². The van der Waals surface area contributed by atoms with E-state index >= 15 is 0 Å². The van der Waals surface area contributed by atoms with Crippen molar-refractivity contribution >= 4 is 22.8 Å². The molecule has 0 bridgehead atoms. The van der Waals surface area contributed by atoms with Crippen LogP contribution in [0.15, 0.2) is 18.2 Å². The Kier molecular flexibility index (Phi) is 4.37. The zero-order valence-corrected chi connectivity index (χ0v) is 12.4. The number of nitrogens with zero attached hydrogens (tertiary/aromatic N) is 2. The molecule has 2 rings (SSSR count). The Bertz CT molecular complexity index is 691. The Morgan fingerprint density at radius 1 is 1.43 bits per heavy atom. The molecule has 0 spiro atoms. The molecule has 1 atom stereocenters. The highest BCUT2D eigenvalue weighted by Crippen LogP contribution is 2.18. The smallest absolute Gasteiger partial charge is 0.305 e. The minimum atomic E-state index is -0.996. The number of imidazole rings is 1. The van der Waals surface area contributed by atoms with Gasteiger partial charge in [0.15, 0.2) is 5.78 Å². The second-order valence-electron chi connectivity index (χ2n) is 4.99. The highest BCUT2D eigenvalue weighted by atomic mass is 16.4. The molecule has 112 valence electrons. The first-order valence-electron chi connectivity index (χ1n) is 6.86. The number of hydrogen-bond donors (Lipinski definition) is 2. The third kappa shape index (κ3) is 3.11. The van der Waals surface area contributed by atoms with Gasteiger partial charge in [-0.25, -0.2) is 4.98 Å². The Morgan fingerprint density at radius 3 is 2.76 bits per heavy atom. The monoisotopic (exact) mass is 289 g/mol. The topological polar surface area (TPSA) is 84.2 Å². The lowest BCUT2D eigenvalue weighted by atomic mass is 10.0. The summed E-state index contributed by atoms with van der Waals surface area (Å²) in [5.74, 6) is -0.350. The van der Waals surface area contributed by atoms with Crippen LogP contribution in [-0.4, -0.2) is 39.0 Å². The van der Waals surface area contributed by atoms with Crippen LogP contribution in [0.1, 0.15) is 29.5 Å². The van der Waals surface area contributed by atoms with Gasteiger partial charge in [-0.05, 0) is 31.7 Å². The van der Waals surface area contributed by atoms with Crippen LogP contribution in [0.3, 0.4) is 0 Å². The van der Waals surface area contributed by atoms with Gasteiger partial charge < -0.3 is 15.0 Å². The second kappa shape index (κ2) is 6.05. The van der Waals surface area contributed by atoms with Crippen molar-refractivity contribution in [2.24, 2.45) is 7.05 Å². The van der Waals surface area contributed by atoms with E-state index in [0.717, 1.165) is 16.9 Å². The van der Waals surface area contributed by atoms with Crippen molar-refractivity contribution in [3.8, 4) is 0 Å². The summed E-state index contributed by atoms with van der Waals surface area (Å²) < 4.78 is 1.95. The Morgan fingerprint density at radius 2 is 2.14 bits per heavy atom. The van der Waals surface area contributed by atoms with E-state index in [2.05, 4.69) is 10.3 Å². The second-order valence-corrected chi connectivity index (χ2v) is 4.99. The molecule has 2 aromatic rings. The van der Waals surface area contributed by atoms with Crippen molar-refractivity contribution in [2.45, 2.75) is 26.3 Å². The third-order valence-electron chi connectivity index (χ3n) is 3.53. The van der Waals surface area contributed by atoms with E-state index in [1.807, 2.05) is 31.5 Å². The van der Waals surface area contributed by atoms with Gasteiger partial charge in [-0.3, -0.25) is 9.59 Å². The molecule has 0 aliphatic heterocycles. The van der Waals surface area contributed by atoms with E-state index in [9.17, 15) is 9.59 Å². The summed E-state index contributed by atoms with van der Waals surface area (Å²) >= 11 is 0. The zero-order chi connectivity index (χ0) is 15.6. The molecule has 6 nitrogen and oxygen atoms in total. The summed E-state index contributed by atoms with van der Waals surface area (Å²) in [6, 6.07) is 4.57. The van der Waals surface area contributed by atoms with Crippen LogP contribution in [0, 0.1) is 6.92 Å². The van der Waals surface area contributed by atoms with Gasteiger partial charge in [-0.2, -0.15) is 0 Å². The molecule has 0 fully saturated rings. The summed E-state index contributed by atoms with van der Waals surface area (Å²) in [6.45, 7) is 4.27. The summed E-state index contributed by atoms with van der Waals surface area (Å²) in [6.07, 6.45) is -0.230. The number of carboxylic acid groups (broad SMARTS) is 1. The molecular formula is C15H19N3O3. The standard InChI is InChI=1S/C15H19N3O3/c1-4-16-12(8-14(19)20)15(21)10-5-6-13-11(7-10)17-9(2)18(13)3/h5-7,12,16H,4,8H2,1-3H3,(H,19,20). The first kappa shape index (κ1) is 15.2. The summed E-state index contributed by atoms with van der Waals surface area (Å²) in [5.41, 5.74) is 2.17. The molecular weight excluding hydrogens is 270 g/mol. The maximum atomic E-state index is 12.4. The molecule has 1 unspecified atom stereocenters. The number of aromatic nitrogens is 2. The molecule has 0 aliphatic rings. The number of carboxylic acids is 1. The number of likely N-dealkylation sites (N-methyl/N-ethyl adjacent to an activating group) is 1. The molecule has 0 saturated carbocycles. The summed E-state index contributed by atoms with van der Waals surface area (Å²) in [7, 11) is 1.91. The van der Waals surface area contributed by atoms with E-state index < -0.39 is 12.0 Å². The van der Waals surface area contributed by atoms with E-state index in [1.165, 1.54) is 0 Å². The van der Waals surface area contributed by atoms with Gasteiger partial charge in [-0.15, -0.1) is 0 Å². The fourth-order valence-corrected chi connectivity index (χ4v) is 2.35. The molecule has 0 saturated heterocycles. The van der Waals surface area contributed by atoms with Crippen molar-refractivity contribution < 1.29 is 14.7 Å². The molecule has 6 heteroatoms. The highest BCUT2D eigenvalue weighted by Gasteiger charge is 2.22. The summed E-state index contributed by atoms with van der Waals surface area (Å²) in [5, 5.41) is 11.8. The summed E-state index contributed by atoms with van der Waals surface area (Å²) in [4.78, 5) is 27.7. The number of hydrogen-bond acceptors (Lipinski definition) is 4. The fraction of sp³-hybridized carbons (Fsp3) is 0.400. The Balaban J connectivity index is 2.35. The third-order valence-corrected chi connectivity index (χ3v) is 3.53. The largest absolute Gasteiger partial charge is 0.481 e. The van der Waals surface area contributed by atoms with Crippen LogP contribution >= 0.6 is 0 Å². The zero-order valence-electron chi connectivity index (χ0n) is 12.4. The number of carbonyl (C=O) groups is 2. The fourth-order valence-electron chi connectivity index (χ4n) is 2.35. The average molecular weight is 289 g/mol. The predicted molar refractivity (Wildman–Crippen MR) is 79.5 cm³/mol. The molecule has 2 N–H and O–H groups in total. The normalized spacial score (nSPS) is 12.5. The molecule has 1 heterocycles. The Hall–Kier alpha value is -2.21. The van der Waals surface area contributed by atoms with Gasteiger partial charge in [0, 0.05) is 12.6 Å². The predicted octanol–water partition coefficient (Wildman–Crippen LogP) is 1.52. The first-order chi connectivity index (χ1) is 9.93. The SMILES string of the molecule is CCNC(CC(=O)O)C(=O)c1ccc2c(c1)nc(C)n2C. The van der Waals surface area contributed by atoms with Crippen LogP contribution in [0.25, 0.3) is 11.0 Å². The number of carbonyl (C=O) groups excluding carboxylic acids is 1. The number of nitrogens with one attached hydrogen (secondary N) is 1. The van der Waals surface area contributed by atoms with E-state index in [1.54, 1.807) is 12.1 Å². The molecule has 21 heavy (non-hydrogen) atoms. The number of benzene rings is 1. The maximum Gasteiger partial charge on any atom is 0.305 e. The minimum Gasteiger partial charge on any atom is -0.481 e. The highest BCUT2D eigenvalue weighted by molar-refractivity contribution is 6.03. The van der Waals surface area contributed by atoms with Crippen molar-refractivity contribution in [3.63, 3.8) is 0 Å². The first-order valence-corrected chi connectivity index (χ1v) is 6.86. The van der Waals surface area contributed by atoms with Crippen molar-refractivity contribution in [2.75, 3.05) is 6.54 Å². The number of aliphatic carboxylic acids is 1. The van der Waals surface area contributed by atoms with Crippen LogP contribution in [0.2, 0.25) is 0 Å². The van der Waals surface area contributed by atoms with Gasteiger partial charge in [0.2, 0.25) is 0 Å². The quantitative estimate of drug-likeness (QED) is 0.788. The average Bonchev–Trinajstić information content (AvgIpc) is 2.72. The van der Waals surface area contributed by atoms with Gasteiger partial charge in [-0.1, -0.05) is 6.92 Å². The van der Waals surface area contributed by atoms with E-state index in [0.29, 0.717) is 12.1 Å².